The summed E-state index contributed by atoms with van der Waals surface area (Å²) < 4.78 is 0. The molecule has 54 valence electrons. The summed E-state index contributed by atoms with van der Waals surface area (Å²) in [6.45, 7) is 1.79. The molecule has 1 aliphatic rings. The van der Waals surface area contributed by atoms with E-state index in [1.165, 1.54) is 0 Å². The second kappa shape index (κ2) is 2.10. The van der Waals surface area contributed by atoms with Crippen molar-refractivity contribution < 1.29 is 9.90 Å². The van der Waals surface area contributed by atoms with Crippen molar-refractivity contribution in [3.05, 3.63) is 0 Å². The van der Waals surface area contributed by atoms with Crippen molar-refractivity contribution in [1.29, 1.82) is 0 Å². The van der Waals surface area contributed by atoms with E-state index in [2.05, 4.69) is 5.92 Å². The average Bonchev–Trinajstić information content (AvgIpc) is 2.19. The van der Waals surface area contributed by atoms with Crippen molar-refractivity contribution in [2.75, 3.05) is 0 Å². The van der Waals surface area contributed by atoms with Crippen LogP contribution in [-0.2, 0) is 4.79 Å². The molecule has 2 nitrogen and oxygen atoms in total. The number of rotatable bonds is 0. The summed E-state index contributed by atoms with van der Waals surface area (Å²) in [6.07, 6.45) is 6.13. The summed E-state index contributed by atoms with van der Waals surface area (Å²) in [5.74, 6) is 1.86. The van der Waals surface area contributed by atoms with E-state index in [0.29, 0.717) is 12.8 Å². The molecule has 1 rings (SSSR count). The van der Waals surface area contributed by atoms with Gasteiger partial charge in [0.15, 0.2) is 11.4 Å². The quantitative estimate of drug-likeness (QED) is 0.490. The van der Waals surface area contributed by atoms with Gasteiger partial charge in [0.1, 0.15) is 0 Å². The second-order valence-electron chi connectivity index (χ2n) is 2.81. The standard InChI is InChI=1S/C8H10O2/c1-3-8(10)5-4-6(2)7(8)9/h1,6,10H,4-5H2,2H3/t6-,8+/m1/s1. The van der Waals surface area contributed by atoms with E-state index in [9.17, 15) is 9.90 Å². The largest absolute Gasteiger partial charge is 0.371 e. The minimum Gasteiger partial charge on any atom is -0.371 e. The van der Waals surface area contributed by atoms with Gasteiger partial charge in [0.05, 0.1) is 0 Å². The molecule has 10 heavy (non-hydrogen) atoms. The van der Waals surface area contributed by atoms with Crippen LogP contribution in [0.2, 0.25) is 0 Å². The van der Waals surface area contributed by atoms with Crippen LogP contribution in [0.1, 0.15) is 19.8 Å². The monoisotopic (exact) mass is 138 g/mol. The summed E-state index contributed by atoms with van der Waals surface area (Å²) in [5, 5.41) is 9.35. The summed E-state index contributed by atoms with van der Waals surface area (Å²) in [7, 11) is 0. The Bertz CT molecular complexity index is 202. The highest BCUT2D eigenvalue weighted by Gasteiger charge is 2.42. The molecule has 1 fully saturated rings. The molecular formula is C8H10O2. The Morgan fingerprint density at radius 2 is 2.50 bits per heavy atom. The van der Waals surface area contributed by atoms with E-state index in [1.54, 1.807) is 6.92 Å². The molecule has 0 amide bonds. The minimum absolute atomic E-state index is 0.0685. The molecule has 1 saturated carbocycles. The number of hydrogen-bond acceptors (Lipinski definition) is 2. The van der Waals surface area contributed by atoms with Gasteiger partial charge in [-0.25, -0.2) is 0 Å². The summed E-state index contributed by atoms with van der Waals surface area (Å²) in [5.41, 5.74) is -1.45. The van der Waals surface area contributed by atoms with Crippen LogP contribution in [0.3, 0.4) is 0 Å². The van der Waals surface area contributed by atoms with E-state index >= 15 is 0 Å². The molecule has 1 aliphatic carbocycles. The van der Waals surface area contributed by atoms with Crippen LogP contribution in [0.5, 0.6) is 0 Å². The van der Waals surface area contributed by atoms with Crippen molar-refractivity contribution in [2.24, 2.45) is 5.92 Å². The van der Waals surface area contributed by atoms with Gasteiger partial charge >= 0.3 is 0 Å². The summed E-state index contributed by atoms with van der Waals surface area (Å²) in [6, 6.07) is 0. The Morgan fingerprint density at radius 1 is 1.90 bits per heavy atom. The van der Waals surface area contributed by atoms with E-state index in [1.807, 2.05) is 0 Å². The Labute approximate surface area is 60.2 Å². The first-order valence-corrected chi connectivity index (χ1v) is 3.34. The van der Waals surface area contributed by atoms with Gasteiger partial charge in [0.25, 0.3) is 0 Å². The lowest BCUT2D eigenvalue weighted by Gasteiger charge is -2.11. The molecule has 0 aliphatic heterocycles. The molecule has 0 saturated heterocycles. The third-order valence-corrected chi connectivity index (χ3v) is 2.03. The van der Waals surface area contributed by atoms with Crippen molar-refractivity contribution in [2.45, 2.75) is 25.4 Å². The van der Waals surface area contributed by atoms with E-state index in [-0.39, 0.29) is 11.7 Å². The number of carbonyl (C=O) groups excluding carboxylic acids is 1. The Kier molecular flexibility index (Phi) is 1.53. The molecule has 0 aromatic heterocycles. The first-order chi connectivity index (χ1) is 4.60. The SMILES string of the molecule is C#C[C@]1(O)CC[C@@H](C)C1=O. The molecule has 0 spiro atoms. The molecule has 2 atom stereocenters. The predicted octanol–water partition coefficient (Wildman–Crippen LogP) is 0.350. The van der Waals surface area contributed by atoms with Gasteiger partial charge in [0, 0.05) is 5.92 Å². The van der Waals surface area contributed by atoms with Gasteiger partial charge in [-0.1, -0.05) is 12.8 Å². The fourth-order valence-corrected chi connectivity index (χ4v) is 1.23. The van der Waals surface area contributed by atoms with E-state index < -0.39 is 5.60 Å². The smallest absolute Gasteiger partial charge is 0.184 e. The fourth-order valence-electron chi connectivity index (χ4n) is 1.23. The lowest BCUT2D eigenvalue weighted by Crippen LogP contribution is -2.33. The number of carbonyl (C=O) groups is 1. The van der Waals surface area contributed by atoms with Crippen molar-refractivity contribution in [1.82, 2.24) is 0 Å². The van der Waals surface area contributed by atoms with Gasteiger partial charge in [-0.3, -0.25) is 4.79 Å². The maximum Gasteiger partial charge on any atom is 0.184 e. The summed E-state index contributed by atoms with van der Waals surface area (Å²) in [4.78, 5) is 11.1. The molecular weight excluding hydrogens is 128 g/mol. The van der Waals surface area contributed by atoms with Crippen LogP contribution in [0.25, 0.3) is 0 Å². The zero-order chi connectivity index (χ0) is 7.78. The van der Waals surface area contributed by atoms with Gasteiger partial charge in [-0.05, 0) is 12.8 Å². The number of hydrogen-bond donors (Lipinski definition) is 1. The van der Waals surface area contributed by atoms with Crippen molar-refractivity contribution >= 4 is 5.78 Å². The molecule has 2 heteroatoms. The maximum atomic E-state index is 11.1. The first-order valence-electron chi connectivity index (χ1n) is 3.34. The lowest BCUT2D eigenvalue weighted by molar-refractivity contribution is -0.131. The minimum atomic E-state index is -1.45. The van der Waals surface area contributed by atoms with Crippen LogP contribution < -0.4 is 0 Å². The molecule has 0 aromatic rings. The Balaban J connectivity index is 2.86. The van der Waals surface area contributed by atoms with Crippen LogP contribution in [0.15, 0.2) is 0 Å². The number of terminal acetylenes is 1. The van der Waals surface area contributed by atoms with Gasteiger partial charge < -0.3 is 5.11 Å². The topological polar surface area (TPSA) is 37.3 Å². The highest BCUT2D eigenvalue weighted by molar-refractivity contribution is 5.93. The van der Waals surface area contributed by atoms with Gasteiger partial charge in [0.2, 0.25) is 0 Å². The lowest BCUT2D eigenvalue weighted by atomic mass is 10.0. The number of Topliss-reactive ketones (excluding diaryl/α,β-unsaturated/α-hetero) is 1. The predicted molar refractivity (Wildman–Crippen MR) is 37.2 cm³/mol. The van der Waals surface area contributed by atoms with Crippen molar-refractivity contribution in [3.63, 3.8) is 0 Å². The van der Waals surface area contributed by atoms with E-state index in [0.717, 1.165) is 0 Å². The molecule has 0 bridgehead atoms. The molecule has 0 unspecified atom stereocenters. The highest BCUT2D eigenvalue weighted by Crippen LogP contribution is 2.29. The third-order valence-electron chi connectivity index (χ3n) is 2.03. The normalized spacial score (nSPS) is 39.7. The van der Waals surface area contributed by atoms with Crippen LogP contribution in [0, 0.1) is 18.3 Å². The second-order valence-corrected chi connectivity index (χ2v) is 2.81. The number of ketones is 1. The zero-order valence-corrected chi connectivity index (χ0v) is 5.92. The number of aliphatic hydroxyl groups is 1. The van der Waals surface area contributed by atoms with E-state index in [4.69, 9.17) is 6.42 Å². The van der Waals surface area contributed by atoms with Gasteiger partial charge in [-0.15, -0.1) is 6.42 Å². The van der Waals surface area contributed by atoms with Crippen molar-refractivity contribution in [3.8, 4) is 12.3 Å². The van der Waals surface area contributed by atoms with Crippen LogP contribution in [-0.4, -0.2) is 16.5 Å². The van der Waals surface area contributed by atoms with Gasteiger partial charge in [-0.2, -0.15) is 0 Å². The van der Waals surface area contributed by atoms with Crippen LogP contribution >= 0.6 is 0 Å². The Morgan fingerprint density at radius 3 is 2.70 bits per heavy atom. The average molecular weight is 138 g/mol. The first kappa shape index (κ1) is 7.30. The Hall–Kier alpha value is -0.810. The molecule has 0 aromatic carbocycles. The molecule has 0 heterocycles. The summed E-state index contributed by atoms with van der Waals surface area (Å²) >= 11 is 0. The molecule has 0 radical (unpaired) electrons. The van der Waals surface area contributed by atoms with Crippen LogP contribution in [0.4, 0.5) is 0 Å². The molecule has 1 N–H and O–H groups in total. The highest BCUT2D eigenvalue weighted by atomic mass is 16.3. The third kappa shape index (κ3) is 0.833. The fraction of sp³-hybridized carbons (Fsp3) is 0.625. The zero-order valence-electron chi connectivity index (χ0n) is 5.92. The maximum absolute atomic E-state index is 11.1.